The number of carbonyl (C=O) groups excluding carboxylic acids is 1. The molecule has 0 aromatic rings. The first kappa shape index (κ1) is 19.2. The lowest BCUT2D eigenvalue weighted by atomic mass is 9.83. The molecule has 0 spiro atoms. The van der Waals surface area contributed by atoms with Gasteiger partial charge in [-0.3, -0.25) is 4.79 Å². The molecule has 2 aliphatic carbocycles. The van der Waals surface area contributed by atoms with Crippen LogP contribution in [0.2, 0.25) is 5.54 Å². The van der Waals surface area contributed by atoms with Crippen molar-refractivity contribution in [3.05, 3.63) is 11.6 Å². The molecule has 23 heavy (non-hydrogen) atoms. The van der Waals surface area contributed by atoms with E-state index in [0.717, 1.165) is 19.3 Å². The van der Waals surface area contributed by atoms with Gasteiger partial charge in [-0.2, -0.15) is 12.6 Å². The molecule has 132 valence electrons. The van der Waals surface area contributed by atoms with E-state index in [9.17, 15) is 4.79 Å². The molecule has 1 saturated carbocycles. The zero-order valence-corrected chi connectivity index (χ0v) is 16.7. The van der Waals surface area contributed by atoms with E-state index in [0.29, 0.717) is 31.5 Å². The van der Waals surface area contributed by atoms with E-state index < -0.39 is 8.80 Å². The monoisotopic (exact) mass is 358 g/mol. The summed E-state index contributed by atoms with van der Waals surface area (Å²) < 4.78 is 18.2. The smallest absolute Gasteiger partial charge is 0.373 e. The molecule has 0 aromatic carbocycles. The van der Waals surface area contributed by atoms with Crippen molar-refractivity contribution >= 4 is 27.2 Å². The van der Waals surface area contributed by atoms with Gasteiger partial charge in [-0.1, -0.05) is 18.6 Å². The summed E-state index contributed by atoms with van der Waals surface area (Å²) in [7, 11) is -2.78. The molecule has 2 rings (SSSR count). The number of carbonyl (C=O) groups is 1. The first-order chi connectivity index (χ1) is 11.0. The molecular formula is C17H30O4SSi. The van der Waals surface area contributed by atoms with Crippen LogP contribution in [-0.2, 0) is 18.1 Å². The number of hydrogen-bond acceptors (Lipinski definition) is 5. The Morgan fingerprint density at radius 3 is 2.35 bits per heavy atom. The minimum Gasteiger partial charge on any atom is -0.373 e. The van der Waals surface area contributed by atoms with E-state index in [1.807, 2.05) is 20.8 Å². The quantitative estimate of drug-likeness (QED) is 0.368. The number of fused-ring (bicyclic) bond motifs is 2. The lowest BCUT2D eigenvalue weighted by Crippen LogP contribution is -2.50. The Bertz CT molecular complexity index is 450. The SMILES string of the molecule is CCO[Si](OCC)(OCC)C(C)C1=CC2(C(=O)CS)CCC1C2. The molecule has 2 aliphatic rings. The third-order valence-corrected chi connectivity index (χ3v) is 8.98. The van der Waals surface area contributed by atoms with E-state index in [4.69, 9.17) is 13.3 Å². The molecule has 4 nitrogen and oxygen atoms in total. The Labute approximate surface area is 146 Å². The summed E-state index contributed by atoms with van der Waals surface area (Å²) in [6.07, 6.45) is 5.18. The zero-order chi connectivity index (χ0) is 17.1. The fourth-order valence-electron chi connectivity index (χ4n) is 4.21. The second kappa shape index (κ2) is 7.83. The van der Waals surface area contributed by atoms with Gasteiger partial charge in [0.05, 0.1) is 5.75 Å². The molecule has 1 fully saturated rings. The first-order valence-electron chi connectivity index (χ1n) is 8.77. The van der Waals surface area contributed by atoms with Gasteiger partial charge in [0.2, 0.25) is 0 Å². The van der Waals surface area contributed by atoms with Crippen LogP contribution >= 0.6 is 12.6 Å². The van der Waals surface area contributed by atoms with Crippen molar-refractivity contribution in [2.45, 2.75) is 52.5 Å². The van der Waals surface area contributed by atoms with Crippen LogP contribution in [0.25, 0.3) is 0 Å². The minimum atomic E-state index is -2.78. The first-order valence-corrected chi connectivity index (χ1v) is 11.2. The molecule has 0 radical (unpaired) electrons. The van der Waals surface area contributed by atoms with Crippen LogP contribution in [0, 0.1) is 11.3 Å². The highest BCUT2D eigenvalue weighted by Gasteiger charge is 2.56. The van der Waals surface area contributed by atoms with Crippen LogP contribution in [0.3, 0.4) is 0 Å². The number of ketones is 1. The van der Waals surface area contributed by atoms with Crippen LogP contribution in [-0.4, -0.2) is 40.2 Å². The van der Waals surface area contributed by atoms with E-state index in [1.165, 1.54) is 5.57 Å². The highest BCUT2D eigenvalue weighted by molar-refractivity contribution is 7.81. The molecule has 0 saturated heterocycles. The van der Waals surface area contributed by atoms with Crippen LogP contribution in [0.15, 0.2) is 11.6 Å². The van der Waals surface area contributed by atoms with Crippen LogP contribution in [0.4, 0.5) is 0 Å². The van der Waals surface area contributed by atoms with Crippen molar-refractivity contribution in [1.29, 1.82) is 0 Å². The van der Waals surface area contributed by atoms with Crippen molar-refractivity contribution in [2.75, 3.05) is 25.6 Å². The van der Waals surface area contributed by atoms with E-state index >= 15 is 0 Å². The molecule has 0 aliphatic heterocycles. The lowest BCUT2D eigenvalue weighted by molar-refractivity contribution is -0.123. The molecule has 3 unspecified atom stereocenters. The van der Waals surface area contributed by atoms with Gasteiger partial charge in [0.25, 0.3) is 0 Å². The topological polar surface area (TPSA) is 44.8 Å². The second-order valence-electron chi connectivity index (χ2n) is 6.45. The largest absolute Gasteiger partial charge is 0.508 e. The number of hydrogen-bond donors (Lipinski definition) is 1. The van der Waals surface area contributed by atoms with Gasteiger partial charge in [-0.05, 0) is 46.0 Å². The standard InChI is InChI=1S/C17H30O4SSi/c1-5-19-23(20-6-2,21-7-3)13(4)15-11-17(16(18)12-22)9-8-14(15)10-17/h11,13-14,22H,5-10,12H2,1-4H3. The Morgan fingerprint density at radius 2 is 1.87 bits per heavy atom. The van der Waals surface area contributed by atoms with E-state index in [2.05, 4.69) is 25.6 Å². The molecule has 3 atom stereocenters. The number of thiol groups is 1. The number of rotatable bonds is 10. The van der Waals surface area contributed by atoms with Crippen molar-refractivity contribution in [2.24, 2.45) is 11.3 Å². The van der Waals surface area contributed by atoms with Gasteiger partial charge in [0.15, 0.2) is 5.78 Å². The molecular weight excluding hydrogens is 328 g/mol. The highest BCUT2D eigenvalue weighted by atomic mass is 32.1. The van der Waals surface area contributed by atoms with Crippen molar-refractivity contribution in [3.8, 4) is 0 Å². The maximum absolute atomic E-state index is 12.4. The number of allylic oxidation sites excluding steroid dienone is 2. The summed E-state index contributed by atoms with van der Waals surface area (Å²) in [6, 6.07) is 0. The van der Waals surface area contributed by atoms with E-state index in [-0.39, 0.29) is 16.7 Å². The molecule has 0 heterocycles. The molecule has 0 N–H and O–H groups in total. The van der Waals surface area contributed by atoms with Gasteiger partial charge in [-0.25, -0.2) is 0 Å². The van der Waals surface area contributed by atoms with Crippen molar-refractivity contribution < 1.29 is 18.1 Å². The summed E-state index contributed by atoms with van der Waals surface area (Å²) >= 11 is 4.21. The van der Waals surface area contributed by atoms with Crippen LogP contribution in [0.1, 0.15) is 47.0 Å². The van der Waals surface area contributed by atoms with Crippen LogP contribution in [0.5, 0.6) is 0 Å². The Hall–Kier alpha value is -0.143. The van der Waals surface area contributed by atoms with Crippen LogP contribution < -0.4 is 0 Å². The third-order valence-electron chi connectivity index (χ3n) is 5.23. The Kier molecular flexibility index (Phi) is 6.53. The van der Waals surface area contributed by atoms with Gasteiger partial charge in [0, 0.05) is 30.8 Å². The summed E-state index contributed by atoms with van der Waals surface area (Å²) in [6.45, 7) is 9.83. The highest BCUT2D eigenvalue weighted by Crippen LogP contribution is 2.57. The average Bonchev–Trinajstić information content (AvgIpc) is 3.13. The summed E-state index contributed by atoms with van der Waals surface area (Å²) in [4.78, 5) is 12.4. The predicted molar refractivity (Wildman–Crippen MR) is 96.8 cm³/mol. The van der Waals surface area contributed by atoms with E-state index in [1.54, 1.807) is 0 Å². The molecule has 0 aromatic heterocycles. The van der Waals surface area contributed by atoms with Crippen molar-refractivity contribution in [3.63, 3.8) is 0 Å². The molecule has 2 bridgehead atoms. The lowest BCUT2D eigenvalue weighted by Gasteiger charge is -2.36. The van der Waals surface area contributed by atoms with Gasteiger partial charge in [-0.15, -0.1) is 0 Å². The second-order valence-corrected chi connectivity index (χ2v) is 9.70. The summed E-state index contributed by atoms with van der Waals surface area (Å²) in [5, 5.41) is 0. The minimum absolute atomic E-state index is 0.0993. The van der Waals surface area contributed by atoms with Crippen molar-refractivity contribution in [1.82, 2.24) is 0 Å². The molecule has 0 amide bonds. The number of Topliss-reactive ketones (excluding diaryl/α,β-unsaturated/α-hetero) is 1. The Balaban J connectivity index is 2.31. The summed E-state index contributed by atoms with van der Waals surface area (Å²) in [5.74, 6) is 1.03. The summed E-state index contributed by atoms with van der Waals surface area (Å²) in [5.41, 5.74) is 1.12. The average molecular weight is 359 g/mol. The molecule has 6 heteroatoms. The zero-order valence-electron chi connectivity index (χ0n) is 14.8. The van der Waals surface area contributed by atoms with Gasteiger partial charge >= 0.3 is 8.80 Å². The fraction of sp³-hybridized carbons (Fsp3) is 0.824. The Morgan fingerprint density at radius 1 is 1.30 bits per heavy atom. The third kappa shape index (κ3) is 3.47. The predicted octanol–water partition coefficient (Wildman–Crippen LogP) is 3.65. The van der Waals surface area contributed by atoms with Gasteiger partial charge < -0.3 is 13.3 Å². The normalized spacial score (nSPS) is 28.0. The van der Waals surface area contributed by atoms with Gasteiger partial charge in [0.1, 0.15) is 0 Å². The fourth-order valence-corrected chi connectivity index (χ4v) is 7.45. The maximum Gasteiger partial charge on any atom is 0.508 e. The maximum atomic E-state index is 12.4.